The first kappa shape index (κ1) is 15.5. The number of rotatable bonds is 6. The van der Waals surface area contributed by atoms with Crippen LogP contribution in [0.15, 0.2) is 34.9 Å². The Balaban J connectivity index is 1.52. The van der Waals surface area contributed by atoms with Gasteiger partial charge in [-0.1, -0.05) is 18.2 Å². The molecule has 5 nitrogen and oxygen atoms in total. The van der Waals surface area contributed by atoms with E-state index in [1.165, 1.54) is 0 Å². The Hall–Kier alpha value is -1.40. The molecule has 1 aliphatic rings. The summed E-state index contributed by atoms with van der Waals surface area (Å²) in [6.07, 6.45) is 1.47. The largest absolute Gasteiger partial charge is 0.464 e. The lowest BCUT2D eigenvalue weighted by atomic mass is 10.1. The summed E-state index contributed by atoms with van der Waals surface area (Å²) < 4.78 is 10.9. The van der Waals surface area contributed by atoms with Crippen LogP contribution in [-0.4, -0.2) is 67.5 Å². The summed E-state index contributed by atoms with van der Waals surface area (Å²) in [6.45, 7) is 5.49. The zero-order chi connectivity index (χ0) is 15.4. The first-order valence-corrected chi connectivity index (χ1v) is 7.84. The lowest BCUT2D eigenvalue weighted by molar-refractivity contribution is 0.00826. The van der Waals surface area contributed by atoms with Gasteiger partial charge >= 0.3 is 0 Å². The van der Waals surface area contributed by atoms with Crippen molar-refractivity contribution in [3.8, 4) is 0 Å². The fraction of sp³-hybridized carbons (Fsp3) is 0.529. The third-order valence-electron chi connectivity index (χ3n) is 4.10. The molecule has 120 valence electrons. The molecule has 0 saturated carbocycles. The van der Waals surface area contributed by atoms with Crippen LogP contribution in [-0.2, 0) is 11.3 Å². The minimum atomic E-state index is -0.346. The number of hydrogen-bond acceptors (Lipinski definition) is 5. The van der Waals surface area contributed by atoms with Gasteiger partial charge in [-0.2, -0.15) is 0 Å². The van der Waals surface area contributed by atoms with Gasteiger partial charge in [-0.05, 0) is 13.1 Å². The van der Waals surface area contributed by atoms with E-state index in [4.69, 9.17) is 9.15 Å². The van der Waals surface area contributed by atoms with Gasteiger partial charge in [0.15, 0.2) is 0 Å². The number of hydrogen-bond donors (Lipinski definition) is 1. The minimum absolute atomic E-state index is 0.346. The van der Waals surface area contributed by atoms with Gasteiger partial charge in [0, 0.05) is 43.7 Å². The summed E-state index contributed by atoms with van der Waals surface area (Å²) in [7, 11) is 2.03. The molecule has 22 heavy (non-hydrogen) atoms. The van der Waals surface area contributed by atoms with E-state index in [0.717, 1.165) is 49.4 Å². The molecule has 1 aromatic carbocycles. The summed E-state index contributed by atoms with van der Waals surface area (Å²) in [5.41, 5.74) is 2.08. The van der Waals surface area contributed by atoms with Gasteiger partial charge in [0.2, 0.25) is 0 Å². The van der Waals surface area contributed by atoms with Crippen LogP contribution < -0.4 is 0 Å². The van der Waals surface area contributed by atoms with E-state index >= 15 is 0 Å². The van der Waals surface area contributed by atoms with Crippen LogP contribution in [0.3, 0.4) is 0 Å². The molecule has 0 unspecified atom stereocenters. The third-order valence-corrected chi connectivity index (χ3v) is 4.10. The molecule has 0 aliphatic carbocycles. The predicted molar refractivity (Wildman–Crippen MR) is 85.8 cm³/mol. The Morgan fingerprint density at radius 3 is 2.86 bits per heavy atom. The average molecular weight is 304 g/mol. The summed E-state index contributed by atoms with van der Waals surface area (Å²) in [5, 5.41) is 11.4. The Morgan fingerprint density at radius 1 is 1.27 bits per heavy atom. The number of para-hydroxylation sites is 1. The highest BCUT2D eigenvalue weighted by atomic mass is 16.5. The molecule has 0 spiro atoms. The zero-order valence-electron chi connectivity index (χ0n) is 13.1. The predicted octanol–water partition coefficient (Wildman–Crippen LogP) is 1.56. The van der Waals surface area contributed by atoms with Crippen molar-refractivity contribution in [1.82, 2.24) is 9.80 Å². The molecular weight excluding hydrogens is 280 g/mol. The average Bonchev–Trinajstić information content (AvgIpc) is 2.91. The van der Waals surface area contributed by atoms with Crippen LogP contribution >= 0.6 is 0 Å². The standard InChI is InChI=1S/C17H24N2O3/c1-18(11-15(20)12-19-6-8-21-9-7-19)10-14-13-22-17-5-3-2-4-16(14)17/h2-5,13,15,20H,6-12H2,1H3/t15-/m1/s1. The van der Waals surface area contributed by atoms with Crippen LogP contribution in [0.4, 0.5) is 0 Å². The summed E-state index contributed by atoms with van der Waals surface area (Å²) in [4.78, 5) is 4.40. The molecule has 0 bridgehead atoms. The van der Waals surface area contributed by atoms with Crippen molar-refractivity contribution in [3.63, 3.8) is 0 Å². The quantitative estimate of drug-likeness (QED) is 0.877. The molecule has 1 atom stereocenters. The van der Waals surface area contributed by atoms with Crippen LogP contribution in [0.5, 0.6) is 0 Å². The number of nitrogens with zero attached hydrogens (tertiary/aromatic N) is 2. The molecule has 2 aromatic rings. The molecule has 0 amide bonds. The molecule has 1 aliphatic heterocycles. The first-order valence-electron chi connectivity index (χ1n) is 7.84. The molecule has 5 heteroatoms. The van der Waals surface area contributed by atoms with Crippen molar-refractivity contribution >= 4 is 11.0 Å². The smallest absolute Gasteiger partial charge is 0.134 e. The second-order valence-electron chi connectivity index (χ2n) is 6.02. The fourth-order valence-corrected chi connectivity index (χ4v) is 3.01. The van der Waals surface area contributed by atoms with Crippen LogP contribution in [0.1, 0.15) is 5.56 Å². The maximum Gasteiger partial charge on any atom is 0.134 e. The van der Waals surface area contributed by atoms with Crippen molar-refractivity contribution in [1.29, 1.82) is 0 Å². The van der Waals surface area contributed by atoms with Gasteiger partial charge in [0.05, 0.1) is 25.6 Å². The van der Waals surface area contributed by atoms with Crippen molar-refractivity contribution in [2.75, 3.05) is 46.4 Å². The van der Waals surface area contributed by atoms with E-state index in [2.05, 4.69) is 15.9 Å². The number of fused-ring (bicyclic) bond motifs is 1. The molecule has 1 fully saturated rings. The van der Waals surface area contributed by atoms with E-state index in [-0.39, 0.29) is 6.10 Å². The van der Waals surface area contributed by atoms with E-state index in [1.807, 2.05) is 31.5 Å². The second-order valence-corrected chi connectivity index (χ2v) is 6.02. The number of aliphatic hydroxyl groups excluding tert-OH is 1. The highest BCUT2D eigenvalue weighted by molar-refractivity contribution is 5.80. The van der Waals surface area contributed by atoms with Gasteiger partial charge in [-0.15, -0.1) is 0 Å². The summed E-state index contributed by atoms with van der Waals surface area (Å²) >= 11 is 0. The van der Waals surface area contributed by atoms with E-state index in [1.54, 1.807) is 0 Å². The molecule has 3 rings (SSSR count). The number of likely N-dealkylation sites (N-methyl/N-ethyl adjacent to an activating group) is 1. The van der Waals surface area contributed by atoms with Crippen molar-refractivity contribution in [2.45, 2.75) is 12.6 Å². The molecule has 1 aromatic heterocycles. The number of benzene rings is 1. The minimum Gasteiger partial charge on any atom is -0.464 e. The topological polar surface area (TPSA) is 49.1 Å². The van der Waals surface area contributed by atoms with E-state index in [9.17, 15) is 5.11 Å². The molecule has 2 heterocycles. The number of furan rings is 1. The highest BCUT2D eigenvalue weighted by Gasteiger charge is 2.17. The van der Waals surface area contributed by atoms with Gasteiger partial charge in [0.25, 0.3) is 0 Å². The molecular formula is C17H24N2O3. The lowest BCUT2D eigenvalue weighted by Crippen LogP contribution is -2.43. The van der Waals surface area contributed by atoms with Crippen molar-refractivity contribution in [2.24, 2.45) is 0 Å². The number of β-amino-alcohol motifs (C(OH)–C–C–N with tert-alkyl or cyclic N) is 1. The first-order chi connectivity index (χ1) is 10.7. The zero-order valence-corrected chi connectivity index (χ0v) is 13.1. The maximum absolute atomic E-state index is 10.3. The highest BCUT2D eigenvalue weighted by Crippen LogP contribution is 2.21. The Labute approximate surface area is 131 Å². The van der Waals surface area contributed by atoms with E-state index < -0.39 is 0 Å². The number of aliphatic hydroxyl groups is 1. The third kappa shape index (κ3) is 3.87. The normalized spacial score (nSPS) is 18.1. The number of ether oxygens (including phenoxy) is 1. The summed E-state index contributed by atoms with van der Waals surface area (Å²) in [5.74, 6) is 0. The van der Waals surface area contributed by atoms with Crippen LogP contribution in [0, 0.1) is 0 Å². The monoisotopic (exact) mass is 304 g/mol. The van der Waals surface area contributed by atoms with Crippen LogP contribution in [0.25, 0.3) is 11.0 Å². The summed E-state index contributed by atoms with van der Waals surface area (Å²) in [6, 6.07) is 8.05. The molecule has 1 saturated heterocycles. The van der Waals surface area contributed by atoms with E-state index in [0.29, 0.717) is 13.1 Å². The Bertz CT molecular complexity index is 592. The maximum atomic E-state index is 10.3. The van der Waals surface area contributed by atoms with Crippen molar-refractivity contribution < 1.29 is 14.3 Å². The molecule has 0 radical (unpaired) electrons. The Kier molecular flexibility index (Phi) is 5.10. The molecule has 1 N–H and O–H groups in total. The van der Waals surface area contributed by atoms with Gasteiger partial charge < -0.3 is 14.3 Å². The van der Waals surface area contributed by atoms with Crippen LogP contribution in [0.2, 0.25) is 0 Å². The number of morpholine rings is 1. The van der Waals surface area contributed by atoms with Crippen molar-refractivity contribution in [3.05, 3.63) is 36.1 Å². The fourth-order valence-electron chi connectivity index (χ4n) is 3.01. The Morgan fingerprint density at radius 2 is 2.05 bits per heavy atom. The second kappa shape index (κ2) is 7.24. The van der Waals surface area contributed by atoms with Gasteiger partial charge in [-0.3, -0.25) is 9.80 Å². The SMILES string of the molecule is CN(Cc1coc2ccccc12)C[C@@H](O)CN1CCOCC1. The van der Waals surface area contributed by atoms with Gasteiger partial charge in [0.1, 0.15) is 5.58 Å². The van der Waals surface area contributed by atoms with Gasteiger partial charge in [-0.25, -0.2) is 0 Å². The lowest BCUT2D eigenvalue weighted by Gasteiger charge is -2.30.